The predicted octanol–water partition coefficient (Wildman–Crippen LogP) is 5.99. The van der Waals surface area contributed by atoms with Gasteiger partial charge in [0.25, 0.3) is 0 Å². The third-order valence-electron chi connectivity index (χ3n) is 4.87. The lowest BCUT2D eigenvalue weighted by Crippen LogP contribution is -2.25. The number of hydrogen-bond acceptors (Lipinski definition) is 2. The van der Waals surface area contributed by atoms with Crippen molar-refractivity contribution < 1.29 is 9.18 Å². The maximum atomic E-state index is 14.1. The summed E-state index contributed by atoms with van der Waals surface area (Å²) in [7, 11) is 0. The first-order valence-electron chi connectivity index (χ1n) is 8.99. The molecule has 0 aliphatic carbocycles. The Kier molecular flexibility index (Phi) is 5.77. The molecule has 2 aromatic carbocycles. The summed E-state index contributed by atoms with van der Waals surface area (Å²) in [6.45, 7) is 4.61. The van der Waals surface area contributed by atoms with Gasteiger partial charge in [-0.05, 0) is 60.2 Å². The molecule has 0 bridgehead atoms. The number of anilines is 1. The highest BCUT2D eigenvalue weighted by atomic mass is 35.5. The zero-order chi connectivity index (χ0) is 18.7. The predicted molar refractivity (Wildman–Crippen MR) is 107 cm³/mol. The fraction of sp³-hybridized carbons (Fsp3) is 0.318. The highest BCUT2D eigenvalue weighted by Crippen LogP contribution is 2.31. The Hall–Kier alpha value is -2.13. The lowest BCUT2D eigenvalue weighted by Gasteiger charge is -2.26. The molecule has 1 heterocycles. The van der Waals surface area contributed by atoms with Crippen LogP contribution >= 0.6 is 11.6 Å². The van der Waals surface area contributed by atoms with Crippen LogP contribution in [0.25, 0.3) is 11.6 Å². The molecule has 2 nitrogen and oxygen atoms in total. The van der Waals surface area contributed by atoms with Crippen molar-refractivity contribution in [3.8, 4) is 0 Å². The molecule has 1 atom stereocenters. The first-order valence-corrected chi connectivity index (χ1v) is 9.37. The van der Waals surface area contributed by atoms with Crippen molar-refractivity contribution >= 4 is 34.7 Å². The molecule has 1 unspecified atom stereocenters. The number of nitrogens with one attached hydrogen (secondary N) is 1. The minimum atomic E-state index is -0.316. The number of Topliss-reactive ketones (excluding diaryl/α,β-unsaturated/α-hetero) is 1. The van der Waals surface area contributed by atoms with E-state index in [1.54, 1.807) is 12.1 Å². The van der Waals surface area contributed by atoms with E-state index in [2.05, 4.69) is 17.4 Å². The topological polar surface area (TPSA) is 29.1 Å². The number of rotatable bonds is 5. The van der Waals surface area contributed by atoms with Crippen molar-refractivity contribution in [1.82, 2.24) is 0 Å². The van der Waals surface area contributed by atoms with E-state index in [1.165, 1.54) is 11.6 Å². The van der Waals surface area contributed by atoms with Gasteiger partial charge in [0.05, 0.1) is 5.02 Å². The average Bonchev–Trinajstić information content (AvgIpc) is 2.61. The minimum Gasteiger partial charge on any atom is -0.385 e. The maximum absolute atomic E-state index is 14.1. The van der Waals surface area contributed by atoms with Gasteiger partial charge in [0, 0.05) is 30.6 Å². The van der Waals surface area contributed by atoms with E-state index in [9.17, 15) is 9.18 Å². The molecular weight excluding hydrogens is 349 g/mol. The Bertz CT molecular complexity index is 839. The Morgan fingerprint density at radius 3 is 2.88 bits per heavy atom. The summed E-state index contributed by atoms with van der Waals surface area (Å²) in [6, 6.07) is 10.9. The third-order valence-corrected chi connectivity index (χ3v) is 5.19. The van der Waals surface area contributed by atoms with Gasteiger partial charge in [0.1, 0.15) is 11.6 Å². The van der Waals surface area contributed by atoms with Gasteiger partial charge < -0.3 is 5.32 Å². The number of allylic oxidation sites excluding steroid dienone is 1. The van der Waals surface area contributed by atoms with Crippen LogP contribution in [0.4, 0.5) is 10.1 Å². The van der Waals surface area contributed by atoms with E-state index in [0.717, 1.165) is 29.8 Å². The monoisotopic (exact) mass is 371 g/mol. The van der Waals surface area contributed by atoms with Crippen LogP contribution in [0.5, 0.6) is 0 Å². The molecule has 0 fully saturated rings. The average molecular weight is 372 g/mol. The van der Waals surface area contributed by atoms with Gasteiger partial charge in [-0.1, -0.05) is 36.7 Å². The fourth-order valence-electron chi connectivity index (χ4n) is 3.49. The van der Waals surface area contributed by atoms with Crippen molar-refractivity contribution in [2.24, 2.45) is 5.92 Å². The summed E-state index contributed by atoms with van der Waals surface area (Å²) < 4.78 is 14.1. The zero-order valence-corrected chi connectivity index (χ0v) is 15.9. The molecule has 26 heavy (non-hydrogen) atoms. The lowest BCUT2D eigenvalue weighted by molar-refractivity contribution is -0.119. The number of carbonyl (C=O) groups is 1. The van der Waals surface area contributed by atoms with E-state index in [4.69, 9.17) is 11.6 Å². The highest BCUT2D eigenvalue weighted by molar-refractivity contribution is 6.32. The molecule has 0 saturated heterocycles. The smallest absolute Gasteiger partial charge is 0.132 e. The highest BCUT2D eigenvalue weighted by Gasteiger charge is 2.20. The number of halogens is 2. The molecule has 0 radical (unpaired) electrons. The molecule has 2 aromatic rings. The summed E-state index contributed by atoms with van der Waals surface area (Å²) in [5, 5.41) is 3.83. The van der Waals surface area contributed by atoms with E-state index in [0.29, 0.717) is 35.1 Å². The number of hydrogen-bond donors (Lipinski definition) is 1. The quantitative estimate of drug-likeness (QED) is 0.654. The molecule has 0 amide bonds. The van der Waals surface area contributed by atoms with Crippen LogP contribution in [0, 0.1) is 11.7 Å². The zero-order valence-electron chi connectivity index (χ0n) is 15.1. The van der Waals surface area contributed by atoms with E-state index in [-0.39, 0.29) is 5.82 Å². The van der Waals surface area contributed by atoms with Gasteiger partial charge >= 0.3 is 0 Å². The molecule has 0 saturated carbocycles. The number of ketones is 1. The lowest BCUT2D eigenvalue weighted by atomic mass is 9.88. The second kappa shape index (κ2) is 8.05. The van der Waals surface area contributed by atoms with Gasteiger partial charge in [-0.3, -0.25) is 4.79 Å². The Morgan fingerprint density at radius 2 is 2.15 bits per heavy atom. The third kappa shape index (κ3) is 4.16. The van der Waals surface area contributed by atoms with E-state index < -0.39 is 0 Å². The van der Waals surface area contributed by atoms with Gasteiger partial charge in [-0.2, -0.15) is 0 Å². The van der Waals surface area contributed by atoms with Crippen LogP contribution in [-0.4, -0.2) is 12.3 Å². The van der Waals surface area contributed by atoms with Crippen molar-refractivity contribution in [1.29, 1.82) is 0 Å². The Morgan fingerprint density at radius 1 is 1.35 bits per heavy atom. The van der Waals surface area contributed by atoms with Crippen LogP contribution < -0.4 is 5.32 Å². The van der Waals surface area contributed by atoms with Crippen LogP contribution in [0.15, 0.2) is 36.4 Å². The fourth-order valence-corrected chi connectivity index (χ4v) is 3.80. The van der Waals surface area contributed by atoms with Gasteiger partial charge in [-0.15, -0.1) is 0 Å². The first-order chi connectivity index (χ1) is 12.5. The van der Waals surface area contributed by atoms with Gasteiger partial charge in [0.15, 0.2) is 0 Å². The molecule has 0 spiro atoms. The second-order valence-electron chi connectivity index (χ2n) is 6.89. The second-order valence-corrected chi connectivity index (χ2v) is 7.30. The van der Waals surface area contributed by atoms with E-state index in [1.807, 2.05) is 26.0 Å². The molecule has 4 heteroatoms. The van der Waals surface area contributed by atoms with E-state index >= 15 is 0 Å². The first kappa shape index (κ1) is 18.7. The van der Waals surface area contributed by atoms with Crippen molar-refractivity contribution in [2.75, 3.05) is 11.9 Å². The molecule has 1 aliphatic rings. The van der Waals surface area contributed by atoms with Crippen LogP contribution in [0.2, 0.25) is 5.02 Å². The Labute approximate surface area is 159 Å². The number of carbonyl (C=O) groups excluding carboxylic acids is 1. The largest absolute Gasteiger partial charge is 0.385 e. The molecule has 1 N–H and O–H groups in total. The van der Waals surface area contributed by atoms with Crippen LogP contribution in [-0.2, 0) is 11.2 Å². The standard InChI is InChI=1S/C22H23ClFNO/c1-3-18(26)12-16-11-17-10-15(7-8-21(17)25-13-16)9-14(2)22-19(23)5-4-6-20(22)24/h4-10,16,25H,3,11-13H2,1-2H3. The summed E-state index contributed by atoms with van der Waals surface area (Å²) >= 11 is 6.16. The summed E-state index contributed by atoms with van der Waals surface area (Å²) in [5.74, 6) is 0.321. The van der Waals surface area contributed by atoms with Crippen LogP contribution in [0.3, 0.4) is 0 Å². The SMILES string of the molecule is CCC(=O)CC1CNc2ccc(C=C(C)c3c(F)cccc3Cl)cc2C1. The number of fused-ring (bicyclic) bond motifs is 1. The van der Waals surface area contributed by atoms with Crippen LogP contribution in [0.1, 0.15) is 43.4 Å². The summed E-state index contributed by atoms with van der Waals surface area (Å²) in [4.78, 5) is 11.7. The molecule has 1 aliphatic heterocycles. The number of benzene rings is 2. The molecule has 136 valence electrons. The molecular formula is C22H23ClFNO. The van der Waals surface area contributed by atoms with Crippen molar-refractivity contribution in [2.45, 2.75) is 33.1 Å². The Balaban J connectivity index is 1.85. The minimum absolute atomic E-state index is 0.307. The summed E-state index contributed by atoms with van der Waals surface area (Å²) in [6.07, 6.45) is 4.04. The molecule has 0 aromatic heterocycles. The maximum Gasteiger partial charge on any atom is 0.132 e. The summed E-state index contributed by atoms with van der Waals surface area (Å²) in [5.41, 5.74) is 4.55. The molecule has 3 rings (SSSR count). The van der Waals surface area contributed by atoms with Crippen molar-refractivity contribution in [3.05, 3.63) is 63.9 Å². The normalized spacial score (nSPS) is 16.8. The van der Waals surface area contributed by atoms with Gasteiger partial charge in [0.2, 0.25) is 0 Å². The van der Waals surface area contributed by atoms with Gasteiger partial charge in [-0.25, -0.2) is 4.39 Å². The van der Waals surface area contributed by atoms with Crippen molar-refractivity contribution in [3.63, 3.8) is 0 Å².